The topological polar surface area (TPSA) is 129 Å². The van der Waals surface area contributed by atoms with Gasteiger partial charge in [-0.05, 0) is 18.2 Å². The summed E-state index contributed by atoms with van der Waals surface area (Å²) in [6.45, 7) is 0. The predicted octanol–water partition coefficient (Wildman–Crippen LogP) is 2.85. The molecule has 0 atom stereocenters. The van der Waals surface area contributed by atoms with Crippen LogP contribution in [-0.4, -0.2) is 41.5 Å². The molecule has 4 rings (SSSR count). The van der Waals surface area contributed by atoms with Crippen molar-refractivity contribution in [1.82, 2.24) is 25.0 Å². The SMILES string of the molecule is O=C(CSc1ncnc2c1nnn2-c1ccccc1)Nc1cccc([N+](=O)[O-])c1. The molecule has 11 heteroatoms. The Morgan fingerprint density at radius 2 is 1.97 bits per heavy atom. The van der Waals surface area contributed by atoms with Crippen molar-refractivity contribution < 1.29 is 9.72 Å². The molecule has 0 bridgehead atoms. The lowest BCUT2D eigenvalue weighted by atomic mass is 10.3. The molecule has 2 aromatic heterocycles. The number of amides is 1. The van der Waals surface area contributed by atoms with Gasteiger partial charge in [0.05, 0.1) is 16.4 Å². The van der Waals surface area contributed by atoms with Gasteiger partial charge in [-0.25, -0.2) is 9.97 Å². The fourth-order valence-electron chi connectivity index (χ4n) is 2.61. The summed E-state index contributed by atoms with van der Waals surface area (Å²) < 4.78 is 1.60. The molecule has 2 heterocycles. The minimum absolute atomic E-state index is 0.0486. The van der Waals surface area contributed by atoms with Crippen LogP contribution in [0.4, 0.5) is 11.4 Å². The van der Waals surface area contributed by atoms with Crippen LogP contribution in [0.2, 0.25) is 0 Å². The Balaban J connectivity index is 1.49. The number of benzene rings is 2. The van der Waals surface area contributed by atoms with E-state index in [0.29, 0.717) is 21.9 Å². The van der Waals surface area contributed by atoms with Crippen LogP contribution < -0.4 is 5.32 Å². The maximum absolute atomic E-state index is 12.2. The fourth-order valence-corrected chi connectivity index (χ4v) is 3.34. The smallest absolute Gasteiger partial charge is 0.271 e. The first-order chi connectivity index (χ1) is 14.1. The number of nitrogens with one attached hydrogen (secondary N) is 1. The predicted molar refractivity (Wildman–Crippen MR) is 107 cm³/mol. The second kappa shape index (κ2) is 8.02. The third-order valence-corrected chi connectivity index (χ3v) is 4.86. The Morgan fingerprint density at radius 1 is 1.14 bits per heavy atom. The fraction of sp³-hybridized carbons (Fsp3) is 0.0556. The van der Waals surface area contributed by atoms with Crippen molar-refractivity contribution in [3.63, 3.8) is 0 Å². The molecule has 0 unspecified atom stereocenters. The molecule has 0 aliphatic heterocycles. The van der Waals surface area contributed by atoms with E-state index in [1.54, 1.807) is 10.7 Å². The van der Waals surface area contributed by atoms with E-state index in [0.717, 1.165) is 5.69 Å². The number of anilines is 1. The van der Waals surface area contributed by atoms with Crippen molar-refractivity contribution >= 4 is 40.2 Å². The standard InChI is InChI=1S/C18H13N7O3S/c26-15(21-12-5-4-8-14(9-12)25(27)28)10-29-18-16-17(19-11-20-18)24(23-22-16)13-6-2-1-3-7-13/h1-9,11H,10H2,(H,21,26). The monoisotopic (exact) mass is 407 g/mol. The first kappa shape index (κ1) is 18.5. The maximum Gasteiger partial charge on any atom is 0.271 e. The van der Waals surface area contributed by atoms with Gasteiger partial charge in [0, 0.05) is 17.8 Å². The number of carbonyl (C=O) groups is 1. The number of nitrogens with zero attached hydrogens (tertiary/aromatic N) is 6. The Kier molecular flexibility index (Phi) is 5.12. The van der Waals surface area contributed by atoms with Gasteiger partial charge >= 0.3 is 0 Å². The van der Waals surface area contributed by atoms with E-state index in [4.69, 9.17) is 0 Å². The lowest BCUT2D eigenvalue weighted by molar-refractivity contribution is -0.384. The second-order valence-corrected chi connectivity index (χ2v) is 6.80. The molecule has 0 saturated carbocycles. The molecule has 0 saturated heterocycles. The molecule has 0 aliphatic carbocycles. The summed E-state index contributed by atoms with van der Waals surface area (Å²) in [5, 5.41) is 22.3. The van der Waals surface area contributed by atoms with Crippen molar-refractivity contribution in [2.75, 3.05) is 11.1 Å². The minimum atomic E-state index is -0.516. The number of carbonyl (C=O) groups excluding carboxylic acids is 1. The summed E-state index contributed by atoms with van der Waals surface area (Å²) in [5.41, 5.74) is 2.10. The van der Waals surface area contributed by atoms with Crippen LogP contribution in [-0.2, 0) is 4.79 Å². The lowest BCUT2D eigenvalue weighted by Crippen LogP contribution is -2.14. The number of hydrogen-bond donors (Lipinski definition) is 1. The van der Waals surface area contributed by atoms with Gasteiger partial charge in [0.25, 0.3) is 5.69 Å². The van der Waals surface area contributed by atoms with Crippen molar-refractivity contribution in [1.29, 1.82) is 0 Å². The molecule has 1 N–H and O–H groups in total. The number of nitro groups is 1. The first-order valence-electron chi connectivity index (χ1n) is 8.41. The van der Waals surface area contributed by atoms with Crippen LogP contribution in [0.15, 0.2) is 66.0 Å². The average Bonchev–Trinajstić information content (AvgIpc) is 3.18. The van der Waals surface area contributed by atoms with Crippen LogP contribution in [0, 0.1) is 10.1 Å². The van der Waals surface area contributed by atoms with Crippen LogP contribution in [0.5, 0.6) is 0 Å². The first-order valence-corrected chi connectivity index (χ1v) is 9.39. The van der Waals surface area contributed by atoms with E-state index >= 15 is 0 Å². The van der Waals surface area contributed by atoms with Crippen LogP contribution >= 0.6 is 11.8 Å². The number of aromatic nitrogens is 5. The van der Waals surface area contributed by atoms with E-state index in [9.17, 15) is 14.9 Å². The highest BCUT2D eigenvalue weighted by Gasteiger charge is 2.15. The van der Waals surface area contributed by atoms with Gasteiger partial charge in [-0.15, -0.1) is 5.10 Å². The van der Waals surface area contributed by atoms with Crippen LogP contribution in [0.3, 0.4) is 0 Å². The van der Waals surface area contributed by atoms with E-state index in [1.165, 1.54) is 36.3 Å². The summed E-state index contributed by atoms with van der Waals surface area (Å²) in [6.07, 6.45) is 1.39. The molecule has 0 spiro atoms. The Bertz CT molecular complexity index is 1200. The average molecular weight is 407 g/mol. The van der Waals surface area contributed by atoms with Gasteiger partial charge in [-0.2, -0.15) is 4.68 Å². The summed E-state index contributed by atoms with van der Waals surface area (Å²) >= 11 is 1.18. The highest BCUT2D eigenvalue weighted by molar-refractivity contribution is 8.00. The number of non-ortho nitro benzene ring substituents is 1. The van der Waals surface area contributed by atoms with Crippen LogP contribution in [0.25, 0.3) is 16.9 Å². The van der Waals surface area contributed by atoms with Crippen molar-refractivity contribution in [3.05, 3.63) is 71.0 Å². The van der Waals surface area contributed by atoms with E-state index in [2.05, 4.69) is 25.6 Å². The Hall–Kier alpha value is -3.86. The lowest BCUT2D eigenvalue weighted by Gasteiger charge is -2.05. The summed E-state index contributed by atoms with van der Waals surface area (Å²) in [6, 6.07) is 15.2. The molecular formula is C18H13N7O3S. The van der Waals surface area contributed by atoms with Gasteiger partial charge in [0.15, 0.2) is 11.2 Å². The highest BCUT2D eigenvalue weighted by Crippen LogP contribution is 2.24. The number of nitro benzene ring substituents is 1. The molecule has 0 radical (unpaired) electrons. The quantitative estimate of drug-likeness (QED) is 0.224. The van der Waals surface area contributed by atoms with Crippen LogP contribution in [0.1, 0.15) is 0 Å². The normalized spacial score (nSPS) is 10.8. The Morgan fingerprint density at radius 3 is 2.76 bits per heavy atom. The highest BCUT2D eigenvalue weighted by atomic mass is 32.2. The number of para-hydroxylation sites is 1. The van der Waals surface area contributed by atoms with Crippen molar-refractivity contribution in [2.45, 2.75) is 5.03 Å². The minimum Gasteiger partial charge on any atom is -0.325 e. The zero-order valence-electron chi connectivity index (χ0n) is 14.8. The molecule has 29 heavy (non-hydrogen) atoms. The Labute approximate surface area is 168 Å². The van der Waals surface area contributed by atoms with Gasteiger partial charge in [-0.3, -0.25) is 14.9 Å². The summed E-state index contributed by atoms with van der Waals surface area (Å²) in [5.74, 6) is -0.273. The number of thioether (sulfide) groups is 1. The van der Waals surface area contributed by atoms with Crippen molar-refractivity contribution in [2.24, 2.45) is 0 Å². The molecule has 2 aromatic carbocycles. The van der Waals surface area contributed by atoms with Crippen molar-refractivity contribution in [3.8, 4) is 5.69 Å². The largest absolute Gasteiger partial charge is 0.325 e. The third kappa shape index (κ3) is 4.04. The molecule has 144 valence electrons. The molecule has 10 nitrogen and oxygen atoms in total. The number of rotatable bonds is 6. The van der Waals surface area contributed by atoms with Gasteiger partial charge < -0.3 is 5.32 Å². The second-order valence-electron chi connectivity index (χ2n) is 5.83. The maximum atomic E-state index is 12.2. The molecule has 1 amide bonds. The molecular weight excluding hydrogens is 394 g/mol. The summed E-state index contributed by atoms with van der Waals surface area (Å²) in [7, 11) is 0. The zero-order chi connectivity index (χ0) is 20.2. The van der Waals surface area contributed by atoms with Gasteiger partial charge in [-0.1, -0.05) is 41.2 Å². The number of fused-ring (bicyclic) bond motifs is 1. The molecule has 0 aliphatic rings. The van der Waals surface area contributed by atoms with E-state index < -0.39 is 4.92 Å². The molecule has 0 fully saturated rings. The summed E-state index contributed by atoms with van der Waals surface area (Å²) in [4.78, 5) is 31.0. The van der Waals surface area contributed by atoms with E-state index in [1.807, 2.05) is 30.3 Å². The van der Waals surface area contributed by atoms with Gasteiger partial charge in [0.2, 0.25) is 5.91 Å². The zero-order valence-corrected chi connectivity index (χ0v) is 15.6. The van der Waals surface area contributed by atoms with Gasteiger partial charge in [0.1, 0.15) is 11.4 Å². The molecule has 4 aromatic rings. The number of hydrogen-bond acceptors (Lipinski definition) is 8. The van der Waals surface area contributed by atoms with E-state index in [-0.39, 0.29) is 17.3 Å². The third-order valence-electron chi connectivity index (χ3n) is 3.89.